The third-order valence-corrected chi connectivity index (χ3v) is 1.79. The zero-order valence-corrected chi connectivity index (χ0v) is 6.58. The molecule has 0 bridgehead atoms. The normalized spacial score (nSPS) is 10.8. The number of rotatable bonds is 0. The van der Waals surface area contributed by atoms with Gasteiger partial charge in [-0.15, -0.1) is 0 Å². The highest BCUT2D eigenvalue weighted by Crippen LogP contribution is 2.15. The van der Waals surface area contributed by atoms with E-state index in [1.54, 1.807) is 6.07 Å². The van der Waals surface area contributed by atoms with Crippen LogP contribution in [-0.4, -0.2) is 10.1 Å². The number of nitrogens with zero attached hydrogens (tertiary/aromatic N) is 1. The molecule has 1 heterocycles. The van der Waals surface area contributed by atoms with E-state index >= 15 is 0 Å². The van der Waals surface area contributed by atoms with Crippen LogP contribution in [0.3, 0.4) is 0 Å². The van der Waals surface area contributed by atoms with E-state index in [0.29, 0.717) is 15.4 Å². The molecule has 12 heavy (non-hydrogen) atoms. The van der Waals surface area contributed by atoms with E-state index in [2.05, 4.69) is 4.52 Å². The third-order valence-electron chi connectivity index (χ3n) is 1.55. The SMILES string of the molecule is O=c1on(O)c2ccc(Cl)cc12. The maximum Gasteiger partial charge on any atom is 0.369 e. The zero-order valence-electron chi connectivity index (χ0n) is 5.82. The van der Waals surface area contributed by atoms with Gasteiger partial charge < -0.3 is 9.73 Å². The Hall–Kier alpha value is -1.42. The minimum absolute atomic E-state index is 0.269. The second-order valence-corrected chi connectivity index (χ2v) is 2.75. The van der Waals surface area contributed by atoms with Crippen molar-refractivity contribution >= 4 is 22.5 Å². The Morgan fingerprint density at radius 2 is 2.25 bits per heavy atom. The third kappa shape index (κ3) is 0.887. The van der Waals surface area contributed by atoms with Gasteiger partial charge in [0, 0.05) is 5.02 Å². The zero-order chi connectivity index (χ0) is 8.72. The average molecular weight is 186 g/mol. The van der Waals surface area contributed by atoms with Crippen molar-refractivity contribution in [3.63, 3.8) is 0 Å². The lowest BCUT2D eigenvalue weighted by atomic mass is 10.3. The maximum atomic E-state index is 10.9. The van der Waals surface area contributed by atoms with E-state index in [0.717, 1.165) is 0 Å². The Bertz CT molecular complexity index is 485. The van der Waals surface area contributed by atoms with Crippen molar-refractivity contribution in [2.24, 2.45) is 0 Å². The monoisotopic (exact) mass is 185 g/mol. The molecule has 0 amide bonds. The number of fused-ring (bicyclic) bond motifs is 1. The smallest absolute Gasteiger partial charge is 0.369 e. The maximum absolute atomic E-state index is 10.9. The number of benzene rings is 1. The molecule has 0 atom stereocenters. The van der Waals surface area contributed by atoms with Crippen molar-refractivity contribution in [2.45, 2.75) is 0 Å². The summed E-state index contributed by atoms with van der Waals surface area (Å²) in [5.41, 5.74) is -0.292. The molecule has 1 aromatic heterocycles. The van der Waals surface area contributed by atoms with Gasteiger partial charge in [-0.1, -0.05) is 11.6 Å². The second-order valence-electron chi connectivity index (χ2n) is 2.31. The molecule has 2 rings (SSSR count). The summed E-state index contributed by atoms with van der Waals surface area (Å²) in [5.74, 6) is 0. The molecule has 0 aliphatic carbocycles. The molecule has 0 spiro atoms. The fraction of sp³-hybridized carbons (Fsp3) is 0. The summed E-state index contributed by atoms with van der Waals surface area (Å²) in [4.78, 5) is 11.4. The Kier molecular flexibility index (Phi) is 1.38. The van der Waals surface area contributed by atoms with Crippen molar-refractivity contribution in [3.8, 4) is 0 Å². The molecule has 1 N–H and O–H groups in total. The number of hydrogen-bond acceptors (Lipinski definition) is 3. The van der Waals surface area contributed by atoms with Gasteiger partial charge in [-0.2, -0.15) is 0 Å². The van der Waals surface area contributed by atoms with Gasteiger partial charge in [0.15, 0.2) is 0 Å². The van der Waals surface area contributed by atoms with Gasteiger partial charge in [0.1, 0.15) is 5.52 Å². The molecule has 1 aromatic carbocycles. The van der Waals surface area contributed by atoms with Crippen molar-refractivity contribution < 1.29 is 9.73 Å². The van der Waals surface area contributed by atoms with Crippen LogP contribution in [0.5, 0.6) is 0 Å². The fourth-order valence-electron chi connectivity index (χ4n) is 1.02. The van der Waals surface area contributed by atoms with Gasteiger partial charge in [-0.3, -0.25) is 0 Å². The van der Waals surface area contributed by atoms with E-state index in [4.69, 9.17) is 16.8 Å². The lowest BCUT2D eigenvalue weighted by molar-refractivity contribution is 0.0142. The molecule has 0 saturated carbocycles. The molecule has 0 aliphatic heterocycles. The molecule has 0 saturated heterocycles. The highest BCUT2D eigenvalue weighted by molar-refractivity contribution is 6.31. The first-order valence-corrected chi connectivity index (χ1v) is 3.57. The average Bonchev–Trinajstić information content (AvgIpc) is 2.28. The first kappa shape index (κ1) is 7.24. The van der Waals surface area contributed by atoms with Crippen LogP contribution in [-0.2, 0) is 0 Å². The second kappa shape index (κ2) is 2.28. The predicted octanol–water partition coefficient (Wildman–Crippen LogP) is 1.49. The Labute approximate surface area is 71.5 Å². The van der Waals surface area contributed by atoms with Gasteiger partial charge in [0.25, 0.3) is 0 Å². The van der Waals surface area contributed by atoms with Gasteiger partial charge in [-0.25, -0.2) is 4.79 Å². The van der Waals surface area contributed by atoms with Crippen LogP contribution in [0.2, 0.25) is 5.02 Å². The summed E-state index contributed by atoms with van der Waals surface area (Å²) in [5, 5.41) is 9.69. The standard InChI is InChI=1S/C7H4ClNO3/c8-4-1-2-6-5(3-4)7(10)12-9(6)11/h1-3,11H. The van der Waals surface area contributed by atoms with Gasteiger partial charge in [0.2, 0.25) is 0 Å². The Morgan fingerprint density at radius 1 is 1.50 bits per heavy atom. The van der Waals surface area contributed by atoms with Crippen molar-refractivity contribution in [1.82, 2.24) is 4.90 Å². The Balaban J connectivity index is 3.00. The minimum Gasteiger partial charge on any atom is -0.400 e. The largest absolute Gasteiger partial charge is 0.400 e. The predicted molar refractivity (Wildman–Crippen MR) is 42.7 cm³/mol. The molecule has 2 aromatic rings. The summed E-state index contributed by atoms with van der Waals surface area (Å²) in [6.07, 6.45) is 0. The van der Waals surface area contributed by atoms with Crippen LogP contribution in [0.15, 0.2) is 27.5 Å². The molecule has 0 radical (unpaired) electrons. The molecule has 4 nitrogen and oxygen atoms in total. The van der Waals surface area contributed by atoms with Crippen molar-refractivity contribution in [3.05, 3.63) is 33.6 Å². The summed E-state index contributed by atoms with van der Waals surface area (Å²) in [7, 11) is 0. The van der Waals surface area contributed by atoms with Crippen LogP contribution in [0.25, 0.3) is 10.9 Å². The van der Waals surface area contributed by atoms with Crippen LogP contribution in [0.4, 0.5) is 0 Å². The van der Waals surface area contributed by atoms with Crippen molar-refractivity contribution in [1.29, 1.82) is 0 Å². The van der Waals surface area contributed by atoms with E-state index in [9.17, 15) is 4.79 Å². The van der Waals surface area contributed by atoms with E-state index < -0.39 is 5.63 Å². The fourth-order valence-corrected chi connectivity index (χ4v) is 1.19. The first-order chi connectivity index (χ1) is 5.68. The first-order valence-electron chi connectivity index (χ1n) is 3.19. The van der Waals surface area contributed by atoms with E-state index in [1.165, 1.54) is 12.1 Å². The van der Waals surface area contributed by atoms with Crippen LogP contribution in [0, 0.1) is 0 Å². The lowest BCUT2D eigenvalue weighted by Gasteiger charge is -1.89. The lowest BCUT2D eigenvalue weighted by Crippen LogP contribution is -1.91. The van der Waals surface area contributed by atoms with E-state index in [1.807, 2.05) is 0 Å². The van der Waals surface area contributed by atoms with Gasteiger partial charge >= 0.3 is 5.63 Å². The van der Waals surface area contributed by atoms with Crippen LogP contribution in [0.1, 0.15) is 0 Å². The number of hydrogen-bond donors (Lipinski definition) is 1. The highest BCUT2D eigenvalue weighted by Gasteiger charge is 2.07. The highest BCUT2D eigenvalue weighted by atomic mass is 35.5. The minimum atomic E-state index is -0.602. The number of halogens is 1. The summed E-state index contributed by atoms with van der Waals surface area (Å²) < 4.78 is 4.38. The molecule has 5 heteroatoms. The quantitative estimate of drug-likeness (QED) is 0.633. The van der Waals surface area contributed by atoms with Gasteiger partial charge in [-0.05, 0) is 23.1 Å². The number of aromatic nitrogens is 1. The van der Waals surface area contributed by atoms with Crippen molar-refractivity contribution in [2.75, 3.05) is 0 Å². The van der Waals surface area contributed by atoms with Crippen LogP contribution < -0.4 is 5.63 Å². The summed E-state index contributed by atoms with van der Waals surface area (Å²) in [6.45, 7) is 0. The molecule has 0 fully saturated rings. The molecular formula is C7H4ClNO3. The topological polar surface area (TPSA) is 55.4 Å². The molecular weight excluding hydrogens is 182 g/mol. The molecule has 0 unspecified atom stereocenters. The molecule has 62 valence electrons. The summed E-state index contributed by atoms with van der Waals surface area (Å²) >= 11 is 5.63. The van der Waals surface area contributed by atoms with E-state index in [-0.39, 0.29) is 5.39 Å². The Morgan fingerprint density at radius 3 is 3.00 bits per heavy atom. The van der Waals surface area contributed by atoms with Gasteiger partial charge in [0.05, 0.1) is 5.39 Å². The summed E-state index contributed by atoms with van der Waals surface area (Å²) in [6, 6.07) is 4.50. The molecule has 0 aliphatic rings. The van der Waals surface area contributed by atoms with Crippen LogP contribution >= 0.6 is 11.6 Å².